The molecule has 0 atom stereocenters. The van der Waals surface area contributed by atoms with E-state index in [4.69, 9.17) is 4.74 Å². The van der Waals surface area contributed by atoms with E-state index in [-0.39, 0.29) is 5.91 Å². The molecule has 0 radical (unpaired) electrons. The fourth-order valence-electron chi connectivity index (χ4n) is 2.94. The highest BCUT2D eigenvalue weighted by Crippen LogP contribution is 2.29. The third-order valence-electron chi connectivity index (χ3n) is 4.27. The minimum Gasteiger partial charge on any atom is -0.497 e. The van der Waals surface area contributed by atoms with E-state index >= 15 is 0 Å². The van der Waals surface area contributed by atoms with Gasteiger partial charge in [-0.25, -0.2) is 4.98 Å². The molecule has 0 unspecified atom stereocenters. The van der Waals surface area contributed by atoms with Gasteiger partial charge in [0.05, 0.1) is 19.2 Å². The third kappa shape index (κ3) is 3.91. The number of aryl methyl sites for hydroxylation is 1. The number of rotatable bonds is 5. The molecule has 122 valence electrons. The van der Waals surface area contributed by atoms with Crippen LogP contribution < -0.4 is 10.1 Å². The van der Waals surface area contributed by atoms with E-state index in [1.807, 2.05) is 31.2 Å². The summed E-state index contributed by atoms with van der Waals surface area (Å²) >= 11 is 1.60. The Morgan fingerprint density at radius 2 is 2.00 bits per heavy atom. The average molecular weight is 330 g/mol. The van der Waals surface area contributed by atoms with Crippen LogP contribution in [0.4, 0.5) is 0 Å². The minimum absolute atomic E-state index is 0.116. The molecule has 0 spiro atoms. The second-order valence-electron chi connectivity index (χ2n) is 5.98. The Kier molecular flexibility index (Phi) is 4.96. The van der Waals surface area contributed by atoms with Gasteiger partial charge in [-0.1, -0.05) is 12.8 Å². The molecule has 5 heteroatoms. The van der Waals surface area contributed by atoms with E-state index in [1.54, 1.807) is 18.4 Å². The molecule has 0 saturated heterocycles. The van der Waals surface area contributed by atoms with E-state index in [0.717, 1.165) is 39.7 Å². The monoisotopic (exact) mass is 330 g/mol. The Balaban J connectivity index is 1.68. The van der Waals surface area contributed by atoms with Gasteiger partial charge in [-0.3, -0.25) is 4.79 Å². The molecule has 0 bridgehead atoms. The van der Waals surface area contributed by atoms with E-state index in [2.05, 4.69) is 10.3 Å². The summed E-state index contributed by atoms with van der Waals surface area (Å²) < 4.78 is 5.18. The third-order valence-corrected chi connectivity index (χ3v) is 5.48. The Morgan fingerprint density at radius 1 is 1.30 bits per heavy atom. The van der Waals surface area contributed by atoms with Gasteiger partial charge in [0, 0.05) is 16.5 Å². The van der Waals surface area contributed by atoms with Gasteiger partial charge < -0.3 is 10.1 Å². The molecule has 1 N–H and O–H groups in total. The summed E-state index contributed by atoms with van der Waals surface area (Å²) in [5, 5.41) is 4.09. The van der Waals surface area contributed by atoms with Crippen LogP contribution in [0.2, 0.25) is 0 Å². The molecule has 1 aromatic heterocycles. The zero-order chi connectivity index (χ0) is 16.2. The van der Waals surface area contributed by atoms with Crippen LogP contribution in [0.5, 0.6) is 5.75 Å². The van der Waals surface area contributed by atoms with Crippen molar-refractivity contribution in [2.75, 3.05) is 7.11 Å². The molecule has 3 rings (SSSR count). The summed E-state index contributed by atoms with van der Waals surface area (Å²) in [4.78, 5) is 17.9. The number of thiazole rings is 1. The number of benzene rings is 1. The molecule has 1 amide bonds. The minimum atomic E-state index is 0.116. The van der Waals surface area contributed by atoms with E-state index < -0.39 is 0 Å². The van der Waals surface area contributed by atoms with Crippen LogP contribution in [-0.4, -0.2) is 24.0 Å². The lowest BCUT2D eigenvalue weighted by Gasteiger charge is -2.11. The summed E-state index contributed by atoms with van der Waals surface area (Å²) in [6, 6.07) is 8.23. The first-order chi connectivity index (χ1) is 11.2. The van der Waals surface area contributed by atoms with E-state index in [1.165, 1.54) is 12.8 Å². The smallest absolute Gasteiger partial charge is 0.225 e. The number of ether oxygens (including phenoxy) is 1. The van der Waals surface area contributed by atoms with Crippen molar-refractivity contribution in [3.8, 4) is 16.3 Å². The molecular formula is C18H22N2O2S. The van der Waals surface area contributed by atoms with Crippen molar-refractivity contribution in [3.05, 3.63) is 34.8 Å². The molecule has 0 aliphatic heterocycles. The summed E-state index contributed by atoms with van der Waals surface area (Å²) in [6.45, 7) is 1.97. The maximum atomic E-state index is 12.2. The number of amides is 1. The molecule has 1 heterocycles. The predicted octanol–water partition coefficient (Wildman–Crippen LogP) is 3.73. The van der Waals surface area contributed by atoms with E-state index in [0.29, 0.717) is 12.5 Å². The maximum absolute atomic E-state index is 12.2. The molecule has 1 saturated carbocycles. The van der Waals surface area contributed by atoms with Gasteiger partial charge in [-0.2, -0.15) is 0 Å². The van der Waals surface area contributed by atoms with Crippen LogP contribution in [0, 0.1) is 6.92 Å². The van der Waals surface area contributed by atoms with Gasteiger partial charge in [0.1, 0.15) is 10.8 Å². The fourth-order valence-corrected chi connectivity index (χ4v) is 4.01. The van der Waals surface area contributed by atoms with Crippen LogP contribution in [0.1, 0.15) is 36.3 Å². The first-order valence-electron chi connectivity index (χ1n) is 8.06. The summed E-state index contributed by atoms with van der Waals surface area (Å²) in [6.07, 6.45) is 5.11. The van der Waals surface area contributed by atoms with E-state index in [9.17, 15) is 4.79 Å². The molecule has 4 nitrogen and oxygen atoms in total. The van der Waals surface area contributed by atoms with Crippen molar-refractivity contribution < 1.29 is 9.53 Å². The Labute approximate surface area is 140 Å². The van der Waals surface area contributed by atoms with Crippen molar-refractivity contribution >= 4 is 17.2 Å². The Morgan fingerprint density at radius 3 is 2.65 bits per heavy atom. The van der Waals surface area contributed by atoms with Crippen molar-refractivity contribution in [3.63, 3.8) is 0 Å². The number of methoxy groups -OCH3 is 1. The van der Waals surface area contributed by atoms with Gasteiger partial charge in [0.25, 0.3) is 0 Å². The molecule has 23 heavy (non-hydrogen) atoms. The maximum Gasteiger partial charge on any atom is 0.225 e. The Bertz CT molecular complexity index is 673. The quantitative estimate of drug-likeness (QED) is 0.909. The summed E-state index contributed by atoms with van der Waals surface area (Å²) in [7, 11) is 1.66. The van der Waals surface area contributed by atoms with Gasteiger partial charge >= 0.3 is 0 Å². The van der Waals surface area contributed by atoms with Crippen molar-refractivity contribution in [1.29, 1.82) is 0 Å². The Hall–Kier alpha value is -1.88. The van der Waals surface area contributed by atoms with Crippen LogP contribution in [0.3, 0.4) is 0 Å². The lowest BCUT2D eigenvalue weighted by atomic mass is 10.2. The van der Waals surface area contributed by atoms with Crippen LogP contribution in [0.15, 0.2) is 24.3 Å². The number of aromatic nitrogens is 1. The standard InChI is InChI=1S/C18H22N2O2S/c1-12-16(11-17(21)20-14-5-3-4-6-14)23-18(19-12)13-7-9-15(22-2)10-8-13/h7-10,14H,3-6,11H2,1-2H3,(H,20,21). The highest BCUT2D eigenvalue weighted by molar-refractivity contribution is 7.15. The van der Waals surface area contributed by atoms with Gasteiger partial charge in [0.2, 0.25) is 5.91 Å². The predicted molar refractivity (Wildman–Crippen MR) is 92.9 cm³/mol. The lowest BCUT2D eigenvalue weighted by molar-refractivity contribution is -0.121. The molecular weight excluding hydrogens is 308 g/mol. The summed E-state index contributed by atoms with van der Waals surface area (Å²) in [5.74, 6) is 0.947. The fraction of sp³-hybridized carbons (Fsp3) is 0.444. The number of carbonyl (C=O) groups is 1. The molecule has 2 aromatic rings. The topological polar surface area (TPSA) is 51.2 Å². The number of hydrogen-bond donors (Lipinski definition) is 1. The van der Waals surface area contributed by atoms with Crippen molar-refractivity contribution in [2.45, 2.75) is 45.1 Å². The van der Waals surface area contributed by atoms with Crippen LogP contribution >= 0.6 is 11.3 Å². The SMILES string of the molecule is COc1ccc(-c2nc(C)c(CC(=O)NC3CCCC3)s2)cc1. The van der Waals surface area contributed by atoms with Crippen molar-refractivity contribution in [1.82, 2.24) is 10.3 Å². The molecule has 1 aliphatic carbocycles. The summed E-state index contributed by atoms with van der Waals surface area (Å²) in [5.41, 5.74) is 2.00. The van der Waals surface area contributed by atoms with Gasteiger partial charge in [-0.15, -0.1) is 11.3 Å². The first kappa shape index (κ1) is 16.0. The average Bonchev–Trinajstić information content (AvgIpc) is 3.18. The normalized spacial score (nSPS) is 14.9. The number of nitrogens with one attached hydrogen (secondary N) is 1. The molecule has 1 fully saturated rings. The van der Waals surface area contributed by atoms with Crippen LogP contribution in [-0.2, 0) is 11.2 Å². The van der Waals surface area contributed by atoms with Gasteiger partial charge in [-0.05, 0) is 44.0 Å². The number of carbonyl (C=O) groups excluding carboxylic acids is 1. The van der Waals surface area contributed by atoms with Crippen molar-refractivity contribution in [2.24, 2.45) is 0 Å². The zero-order valence-corrected chi connectivity index (χ0v) is 14.4. The largest absolute Gasteiger partial charge is 0.497 e. The second-order valence-corrected chi connectivity index (χ2v) is 7.07. The number of hydrogen-bond acceptors (Lipinski definition) is 4. The zero-order valence-electron chi connectivity index (χ0n) is 13.6. The molecule has 1 aliphatic rings. The molecule has 1 aromatic carbocycles. The van der Waals surface area contributed by atoms with Gasteiger partial charge in [0.15, 0.2) is 0 Å². The van der Waals surface area contributed by atoms with Crippen LogP contribution in [0.25, 0.3) is 10.6 Å². The lowest BCUT2D eigenvalue weighted by Crippen LogP contribution is -2.33. The first-order valence-corrected chi connectivity index (χ1v) is 8.87. The second kappa shape index (κ2) is 7.13. The number of nitrogens with zero attached hydrogens (tertiary/aromatic N) is 1. The highest BCUT2D eigenvalue weighted by atomic mass is 32.1. The highest BCUT2D eigenvalue weighted by Gasteiger charge is 2.19.